The van der Waals surface area contributed by atoms with Gasteiger partial charge in [-0.3, -0.25) is 14.5 Å². The Morgan fingerprint density at radius 3 is 2.86 bits per heavy atom. The second-order valence-corrected chi connectivity index (χ2v) is 5.98. The highest BCUT2D eigenvalue weighted by Crippen LogP contribution is 2.20. The minimum absolute atomic E-state index is 0.0304. The maximum Gasteiger partial charge on any atom is 0.254 e. The van der Waals surface area contributed by atoms with Gasteiger partial charge in [0.1, 0.15) is 0 Å². The van der Waals surface area contributed by atoms with Crippen LogP contribution in [-0.2, 0) is 23.1 Å². The van der Waals surface area contributed by atoms with E-state index in [0.717, 1.165) is 12.1 Å². The molecule has 0 aliphatic carbocycles. The molecule has 0 radical (unpaired) electrons. The molecule has 2 bridgehead atoms. The molecule has 0 unspecified atom stereocenters. The number of aromatic nitrogens is 1. The first-order valence-corrected chi connectivity index (χ1v) is 7.27. The first-order chi connectivity index (χ1) is 10.1. The lowest BCUT2D eigenvalue weighted by Crippen LogP contribution is -2.43. The Morgan fingerprint density at radius 1 is 1.24 bits per heavy atom. The summed E-state index contributed by atoms with van der Waals surface area (Å²) in [5, 5.41) is 0. The van der Waals surface area contributed by atoms with Crippen molar-refractivity contribution in [3.8, 4) is 0 Å². The third kappa shape index (κ3) is 2.73. The number of hydrogen-bond donors (Lipinski definition) is 0. The third-order valence-corrected chi connectivity index (χ3v) is 4.42. The summed E-state index contributed by atoms with van der Waals surface area (Å²) in [7, 11) is 3.61. The van der Waals surface area contributed by atoms with E-state index in [-0.39, 0.29) is 23.4 Å². The van der Waals surface area contributed by atoms with E-state index in [1.807, 2.05) is 19.2 Å². The van der Waals surface area contributed by atoms with E-state index in [2.05, 4.69) is 4.90 Å². The van der Waals surface area contributed by atoms with E-state index in [4.69, 9.17) is 4.74 Å². The summed E-state index contributed by atoms with van der Waals surface area (Å²) in [5.74, 6) is 0.0241. The lowest BCUT2D eigenvalue weighted by molar-refractivity contribution is -0.133. The molecule has 0 saturated carbocycles. The fourth-order valence-corrected chi connectivity index (χ4v) is 3.13. The van der Waals surface area contributed by atoms with Crippen molar-refractivity contribution in [1.82, 2.24) is 14.4 Å². The van der Waals surface area contributed by atoms with Crippen molar-refractivity contribution < 1.29 is 9.53 Å². The fraction of sp³-hybridized carbons (Fsp3) is 0.600. The zero-order chi connectivity index (χ0) is 15.0. The molecule has 2 aliphatic rings. The van der Waals surface area contributed by atoms with Gasteiger partial charge >= 0.3 is 0 Å². The number of pyridine rings is 1. The van der Waals surface area contributed by atoms with Gasteiger partial charge in [0.05, 0.1) is 25.2 Å². The Labute approximate surface area is 123 Å². The number of aryl methyl sites for hydroxylation is 1. The summed E-state index contributed by atoms with van der Waals surface area (Å²) in [4.78, 5) is 28.4. The van der Waals surface area contributed by atoms with Crippen molar-refractivity contribution in [2.75, 3.05) is 33.4 Å². The van der Waals surface area contributed by atoms with Gasteiger partial charge in [-0.05, 0) is 6.07 Å². The van der Waals surface area contributed by atoms with Gasteiger partial charge in [0, 0.05) is 45.5 Å². The molecule has 114 valence electrons. The molecular formula is C15H21N3O3. The van der Waals surface area contributed by atoms with Crippen molar-refractivity contribution in [2.45, 2.75) is 12.6 Å². The van der Waals surface area contributed by atoms with Crippen LogP contribution in [0.5, 0.6) is 0 Å². The van der Waals surface area contributed by atoms with Crippen LogP contribution < -0.4 is 5.56 Å². The maximum absolute atomic E-state index is 12.3. The van der Waals surface area contributed by atoms with E-state index in [1.165, 1.54) is 0 Å². The minimum Gasteiger partial charge on any atom is -0.378 e. The van der Waals surface area contributed by atoms with Crippen LogP contribution >= 0.6 is 0 Å². The van der Waals surface area contributed by atoms with Crippen molar-refractivity contribution in [2.24, 2.45) is 13.0 Å². The molecule has 6 heteroatoms. The predicted octanol–water partition coefficient (Wildman–Crippen LogP) is -0.326. The number of amides is 1. The van der Waals surface area contributed by atoms with E-state index < -0.39 is 0 Å². The molecule has 3 rings (SSSR count). The Bertz CT molecular complexity index is 598. The number of ether oxygens (including phenoxy) is 1. The summed E-state index contributed by atoms with van der Waals surface area (Å²) >= 11 is 0. The fourth-order valence-electron chi connectivity index (χ4n) is 3.13. The van der Waals surface area contributed by atoms with Crippen LogP contribution in [0.4, 0.5) is 0 Å². The molecule has 0 spiro atoms. The van der Waals surface area contributed by atoms with Crippen molar-refractivity contribution in [3.05, 3.63) is 34.2 Å². The second kappa shape index (κ2) is 5.61. The van der Waals surface area contributed by atoms with Crippen LogP contribution in [0, 0.1) is 5.92 Å². The number of carbonyl (C=O) groups is 1. The van der Waals surface area contributed by atoms with Gasteiger partial charge in [-0.2, -0.15) is 0 Å². The number of rotatable bonds is 2. The zero-order valence-electron chi connectivity index (χ0n) is 12.5. The first kappa shape index (κ1) is 14.3. The molecule has 2 fully saturated rings. The summed E-state index contributed by atoms with van der Waals surface area (Å²) in [6.07, 6.45) is 1.76. The number of carbonyl (C=O) groups excluding carboxylic acids is 1. The Morgan fingerprint density at radius 2 is 2.05 bits per heavy atom. The van der Waals surface area contributed by atoms with Gasteiger partial charge in [-0.1, -0.05) is 6.07 Å². The lowest BCUT2D eigenvalue weighted by Gasteiger charge is -2.29. The standard InChI is InChI=1S/C15H21N3O3/c1-16-5-3-4-11(14(16)19)6-18-7-12-9-21-10-13(8-18)17(2)15(12)20/h3-5,12-13H,6-10H2,1-2H3/t12-,13+/m1/s1. The summed E-state index contributed by atoms with van der Waals surface area (Å²) < 4.78 is 7.18. The molecule has 1 aromatic heterocycles. The first-order valence-electron chi connectivity index (χ1n) is 7.27. The second-order valence-electron chi connectivity index (χ2n) is 5.98. The molecule has 2 saturated heterocycles. The van der Waals surface area contributed by atoms with Crippen molar-refractivity contribution >= 4 is 5.91 Å². The van der Waals surface area contributed by atoms with Crippen molar-refractivity contribution in [3.63, 3.8) is 0 Å². The monoisotopic (exact) mass is 291 g/mol. The highest BCUT2D eigenvalue weighted by molar-refractivity contribution is 5.79. The largest absolute Gasteiger partial charge is 0.378 e. The topological polar surface area (TPSA) is 54.8 Å². The van der Waals surface area contributed by atoms with Crippen LogP contribution in [0.3, 0.4) is 0 Å². The quantitative estimate of drug-likeness (QED) is 0.749. The van der Waals surface area contributed by atoms with Crippen LogP contribution in [0.2, 0.25) is 0 Å². The summed E-state index contributed by atoms with van der Waals surface area (Å²) in [5.41, 5.74) is 0.804. The van der Waals surface area contributed by atoms with Crippen LogP contribution in [0.15, 0.2) is 23.1 Å². The van der Waals surface area contributed by atoms with E-state index >= 15 is 0 Å². The minimum atomic E-state index is -0.130. The van der Waals surface area contributed by atoms with Crippen LogP contribution in [-0.4, -0.2) is 59.7 Å². The van der Waals surface area contributed by atoms with E-state index in [9.17, 15) is 9.59 Å². The average Bonchev–Trinajstić information content (AvgIpc) is 2.62. The number of fused-ring (bicyclic) bond motifs is 3. The summed E-state index contributed by atoms with van der Waals surface area (Å²) in [6.45, 7) is 3.03. The highest BCUT2D eigenvalue weighted by Gasteiger charge is 2.37. The van der Waals surface area contributed by atoms with Gasteiger partial charge < -0.3 is 14.2 Å². The lowest BCUT2D eigenvalue weighted by atomic mass is 10.1. The number of nitrogens with zero attached hydrogens (tertiary/aromatic N) is 3. The van der Waals surface area contributed by atoms with Crippen LogP contribution in [0.1, 0.15) is 5.56 Å². The number of likely N-dealkylation sites (N-methyl/N-ethyl adjacent to an activating group) is 1. The molecule has 1 amide bonds. The normalized spacial score (nSPS) is 26.8. The van der Waals surface area contributed by atoms with Gasteiger partial charge in [0.2, 0.25) is 5.91 Å². The van der Waals surface area contributed by atoms with E-state index in [1.54, 1.807) is 22.7 Å². The molecule has 1 aromatic rings. The van der Waals surface area contributed by atoms with Crippen molar-refractivity contribution in [1.29, 1.82) is 0 Å². The molecule has 2 atom stereocenters. The Balaban J connectivity index is 1.82. The molecule has 3 heterocycles. The Kier molecular flexibility index (Phi) is 3.82. The molecule has 0 aromatic carbocycles. The zero-order valence-corrected chi connectivity index (χ0v) is 12.5. The molecular weight excluding hydrogens is 270 g/mol. The van der Waals surface area contributed by atoms with Gasteiger partial charge in [0.15, 0.2) is 0 Å². The average molecular weight is 291 g/mol. The number of hydrogen-bond acceptors (Lipinski definition) is 4. The van der Waals surface area contributed by atoms with E-state index in [0.29, 0.717) is 26.3 Å². The third-order valence-electron chi connectivity index (χ3n) is 4.42. The summed E-state index contributed by atoms with van der Waals surface area (Å²) in [6, 6.07) is 3.82. The smallest absolute Gasteiger partial charge is 0.254 e. The van der Waals surface area contributed by atoms with Gasteiger partial charge in [-0.15, -0.1) is 0 Å². The SMILES string of the molecule is CN1C(=O)[C@H]2COC[C@@H]1CN(Cc1cccn(C)c1=O)C2. The molecule has 6 nitrogen and oxygen atoms in total. The van der Waals surface area contributed by atoms with Gasteiger partial charge in [-0.25, -0.2) is 0 Å². The van der Waals surface area contributed by atoms with Gasteiger partial charge in [0.25, 0.3) is 5.56 Å². The van der Waals surface area contributed by atoms with Crippen LogP contribution in [0.25, 0.3) is 0 Å². The maximum atomic E-state index is 12.3. The molecule has 2 aliphatic heterocycles. The molecule has 21 heavy (non-hydrogen) atoms. The highest BCUT2D eigenvalue weighted by atomic mass is 16.5. The molecule has 0 N–H and O–H groups in total. The predicted molar refractivity (Wildman–Crippen MR) is 77.8 cm³/mol. The Hall–Kier alpha value is -1.66.